The van der Waals surface area contributed by atoms with E-state index in [1.165, 1.54) is 0 Å². The third-order valence-electron chi connectivity index (χ3n) is 0. The minimum Gasteiger partial charge on any atom is -0.360 e. The average Bonchev–Trinajstić information content (AvgIpc) is 1.50. The van der Waals surface area contributed by atoms with Gasteiger partial charge in [0.15, 0.2) is 0 Å². The third-order valence-corrected chi connectivity index (χ3v) is 0. The van der Waals surface area contributed by atoms with Crippen molar-refractivity contribution in [3.8, 4) is 0 Å². The van der Waals surface area contributed by atoms with E-state index in [0.29, 0.717) is 0 Å². The molecular weight excluding hydrogens is 62.1 g/mol. The lowest BCUT2D eigenvalue weighted by Crippen LogP contribution is -2.40. The van der Waals surface area contributed by atoms with Gasteiger partial charge in [-0.25, -0.2) is 0 Å². The predicted molar refractivity (Wildman–Crippen MR) is 26.6 cm³/mol. The van der Waals surface area contributed by atoms with Gasteiger partial charge in [-0.15, -0.1) is 0 Å². The lowest BCUT2D eigenvalue weighted by atomic mass is 11.0. The standard InChI is InChI=1S/C2H6.CH5N.CH3/c2*1-2;/h1-2H3;2H2,1H3;1H3/q;;-1/p+1. The molecule has 0 amide bonds. The van der Waals surface area contributed by atoms with Crippen LogP contribution in [0.4, 0.5) is 0 Å². The first-order chi connectivity index (χ1) is 2.00. The molecule has 0 aliphatic rings. The summed E-state index contributed by atoms with van der Waals surface area (Å²) in [6.45, 7) is 4.00. The topological polar surface area (TPSA) is 27.6 Å². The van der Waals surface area contributed by atoms with Gasteiger partial charge >= 0.3 is 0 Å². The second-order valence-corrected chi connectivity index (χ2v) is 0. The van der Waals surface area contributed by atoms with Gasteiger partial charge in [0.1, 0.15) is 0 Å². The van der Waals surface area contributed by atoms with Crippen LogP contribution in [-0.4, -0.2) is 7.05 Å². The normalized spacial score (nSPS) is 2.40. The molecule has 1 heteroatoms. The summed E-state index contributed by atoms with van der Waals surface area (Å²) in [5.74, 6) is 0. The van der Waals surface area contributed by atoms with Gasteiger partial charge in [0.05, 0.1) is 7.05 Å². The minimum absolute atomic E-state index is 0. The van der Waals surface area contributed by atoms with Crippen molar-refractivity contribution in [2.75, 3.05) is 7.05 Å². The molecule has 36 valence electrons. The Morgan fingerprint density at radius 2 is 1.00 bits per heavy atom. The van der Waals surface area contributed by atoms with Gasteiger partial charge in [0.25, 0.3) is 0 Å². The molecule has 0 aromatic heterocycles. The smallest absolute Gasteiger partial charge is 0.0634 e. The molecule has 0 atom stereocenters. The Morgan fingerprint density at radius 1 is 1.00 bits per heavy atom. The van der Waals surface area contributed by atoms with Crippen molar-refractivity contribution in [3.05, 3.63) is 7.43 Å². The Kier molecular flexibility index (Phi) is 87800. The molecule has 3 N–H and O–H groups in total. The number of rotatable bonds is 0. The molecule has 1 nitrogen and oxygen atoms in total. The van der Waals surface area contributed by atoms with E-state index >= 15 is 0 Å². The maximum absolute atomic E-state index is 3.25. The second kappa shape index (κ2) is 21700. The van der Waals surface area contributed by atoms with Crippen molar-refractivity contribution < 1.29 is 5.73 Å². The van der Waals surface area contributed by atoms with Crippen LogP contribution in [-0.2, 0) is 0 Å². The van der Waals surface area contributed by atoms with Crippen LogP contribution < -0.4 is 5.73 Å². The van der Waals surface area contributed by atoms with Crippen molar-refractivity contribution in [2.24, 2.45) is 0 Å². The largest absolute Gasteiger partial charge is 0.360 e. The van der Waals surface area contributed by atoms with Crippen LogP contribution in [0.2, 0.25) is 0 Å². The summed E-state index contributed by atoms with van der Waals surface area (Å²) in [6.07, 6.45) is 0. The van der Waals surface area contributed by atoms with Crippen molar-refractivity contribution in [2.45, 2.75) is 13.8 Å². The summed E-state index contributed by atoms with van der Waals surface area (Å²) < 4.78 is 0. The summed E-state index contributed by atoms with van der Waals surface area (Å²) in [6, 6.07) is 0. The third kappa shape index (κ3) is 9510. The number of hydrogen-bond donors (Lipinski definition) is 1. The highest BCUT2D eigenvalue weighted by Crippen LogP contribution is 1.14. The molecule has 0 aliphatic carbocycles. The Labute approximate surface area is 35.2 Å². The first-order valence-corrected chi connectivity index (χ1v) is 1.71. The molecular formula is C4H15N. The molecule has 0 unspecified atom stereocenters. The zero-order valence-electron chi connectivity index (χ0n) is 4.71. The summed E-state index contributed by atoms with van der Waals surface area (Å²) in [5, 5.41) is 0. The molecule has 0 rings (SSSR count). The van der Waals surface area contributed by atoms with Crippen LogP contribution in [0.25, 0.3) is 0 Å². The maximum Gasteiger partial charge on any atom is 0.0634 e. The fraction of sp³-hybridized carbons (Fsp3) is 0.750. The fourth-order valence-corrected chi connectivity index (χ4v) is 0. The van der Waals surface area contributed by atoms with Gasteiger partial charge in [-0.1, -0.05) is 13.8 Å². The van der Waals surface area contributed by atoms with Crippen molar-refractivity contribution in [3.63, 3.8) is 0 Å². The molecule has 0 aliphatic heterocycles. The van der Waals surface area contributed by atoms with E-state index in [-0.39, 0.29) is 7.43 Å². The van der Waals surface area contributed by atoms with E-state index in [2.05, 4.69) is 5.73 Å². The van der Waals surface area contributed by atoms with Gasteiger partial charge in [-0.2, -0.15) is 0 Å². The monoisotopic (exact) mass is 77.1 g/mol. The SMILES string of the molecule is CC.C[NH3+].[CH3-]. The summed E-state index contributed by atoms with van der Waals surface area (Å²) in [4.78, 5) is 0. The van der Waals surface area contributed by atoms with Gasteiger partial charge in [-0.3, -0.25) is 0 Å². The average molecular weight is 77.2 g/mol. The number of hydrogen-bond acceptors (Lipinski definition) is 0. The molecule has 0 fully saturated rings. The first-order valence-electron chi connectivity index (χ1n) is 1.71. The predicted octanol–water partition coefficient (Wildman–Crippen LogP) is 0.335. The number of quaternary nitrogens is 1. The molecule has 0 spiro atoms. The molecule has 0 heterocycles. The zero-order chi connectivity index (χ0) is 4.00. The summed E-state index contributed by atoms with van der Waals surface area (Å²) >= 11 is 0. The van der Waals surface area contributed by atoms with Crippen molar-refractivity contribution >= 4 is 0 Å². The zero-order valence-corrected chi connectivity index (χ0v) is 4.71. The highest BCUT2D eigenvalue weighted by molar-refractivity contribution is 3.50. The van der Waals surface area contributed by atoms with Crippen LogP contribution in [0, 0.1) is 7.43 Å². The highest BCUT2D eigenvalue weighted by Gasteiger charge is 0.932. The Balaban J connectivity index is -0.0000000133. The quantitative estimate of drug-likeness (QED) is 0.404. The van der Waals surface area contributed by atoms with Gasteiger partial charge < -0.3 is 13.2 Å². The molecule has 0 aromatic rings. The maximum atomic E-state index is 3.25. The molecule has 0 aromatic carbocycles. The van der Waals surface area contributed by atoms with E-state index in [4.69, 9.17) is 0 Å². The van der Waals surface area contributed by atoms with Gasteiger partial charge in [-0.05, 0) is 0 Å². The molecule has 0 bridgehead atoms. The first kappa shape index (κ1) is 20.2. The lowest BCUT2D eigenvalue weighted by molar-refractivity contribution is -0.325. The van der Waals surface area contributed by atoms with E-state index in [0.717, 1.165) is 0 Å². The van der Waals surface area contributed by atoms with E-state index in [1.807, 2.05) is 13.8 Å². The molecule has 5 heavy (non-hydrogen) atoms. The van der Waals surface area contributed by atoms with Crippen LogP contribution in [0.5, 0.6) is 0 Å². The van der Waals surface area contributed by atoms with Gasteiger partial charge in [0, 0.05) is 0 Å². The minimum atomic E-state index is 0. The van der Waals surface area contributed by atoms with Crippen LogP contribution in [0.3, 0.4) is 0 Å². The highest BCUT2D eigenvalue weighted by atomic mass is 14.4. The van der Waals surface area contributed by atoms with E-state index in [1.54, 1.807) is 7.05 Å². The second-order valence-electron chi connectivity index (χ2n) is 0. The van der Waals surface area contributed by atoms with Crippen LogP contribution in [0.15, 0.2) is 0 Å². The van der Waals surface area contributed by atoms with Crippen LogP contribution >= 0.6 is 0 Å². The molecule has 0 saturated carbocycles. The summed E-state index contributed by atoms with van der Waals surface area (Å²) in [7, 11) is 1.75. The fourth-order valence-electron chi connectivity index (χ4n) is 0. The van der Waals surface area contributed by atoms with E-state index < -0.39 is 0 Å². The Bertz CT molecular complexity index is 3.61. The molecule has 0 radical (unpaired) electrons. The van der Waals surface area contributed by atoms with Crippen LogP contribution in [0.1, 0.15) is 13.8 Å². The lowest BCUT2D eigenvalue weighted by Gasteiger charge is -1.17. The van der Waals surface area contributed by atoms with E-state index in [9.17, 15) is 0 Å². The van der Waals surface area contributed by atoms with Crippen molar-refractivity contribution in [1.29, 1.82) is 0 Å². The van der Waals surface area contributed by atoms with Gasteiger partial charge in [0.2, 0.25) is 0 Å². The van der Waals surface area contributed by atoms with Crippen molar-refractivity contribution in [1.82, 2.24) is 0 Å². The summed E-state index contributed by atoms with van der Waals surface area (Å²) in [5.41, 5.74) is 3.25. The Morgan fingerprint density at radius 3 is 1.00 bits per heavy atom. The molecule has 0 saturated heterocycles. The Hall–Kier alpha value is -0.0400.